The Kier molecular flexibility index (Phi) is 4.07. The first kappa shape index (κ1) is 14.3. The molecule has 0 bridgehead atoms. The molecule has 1 aromatic heterocycles. The smallest absolute Gasteiger partial charge is 0.0605 e. The Balaban J connectivity index is 1.81. The van der Waals surface area contributed by atoms with E-state index in [-0.39, 0.29) is 0 Å². The third kappa shape index (κ3) is 3.01. The second kappa shape index (κ2) is 5.98. The predicted octanol–water partition coefficient (Wildman–Crippen LogP) is 4.43. The van der Waals surface area contributed by atoms with Crippen molar-refractivity contribution < 1.29 is 0 Å². The summed E-state index contributed by atoms with van der Waals surface area (Å²) in [4.78, 5) is 4.62. The molecule has 1 heterocycles. The van der Waals surface area contributed by atoms with E-state index in [0.29, 0.717) is 12.1 Å². The van der Waals surface area contributed by atoms with Crippen LogP contribution in [0.4, 0.5) is 0 Å². The number of benzene rings is 1. The monoisotopic (exact) mass is 280 g/mol. The summed E-state index contributed by atoms with van der Waals surface area (Å²) in [5.74, 6) is 0. The molecule has 0 spiro atoms. The minimum absolute atomic E-state index is 0.351. The summed E-state index contributed by atoms with van der Waals surface area (Å²) in [6, 6.07) is 11.7. The van der Waals surface area contributed by atoms with E-state index in [0.717, 1.165) is 0 Å². The van der Waals surface area contributed by atoms with Crippen molar-refractivity contribution in [3.8, 4) is 0 Å². The maximum absolute atomic E-state index is 4.62. The topological polar surface area (TPSA) is 24.9 Å². The van der Waals surface area contributed by atoms with E-state index in [1.807, 2.05) is 6.20 Å². The number of aromatic nitrogens is 1. The van der Waals surface area contributed by atoms with Gasteiger partial charge in [0.2, 0.25) is 0 Å². The third-order valence-corrected chi connectivity index (χ3v) is 4.54. The van der Waals surface area contributed by atoms with Crippen LogP contribution in [0.5, 0.6) is 0 Å². The van der Waals surface area contributed by atoms with Crippen molar-refractivity contribution in [2.24, 2.45) is 0 Å². The molecule has 0 radical (unpaired) electrons. The van der Waals surface area contributed by atoms with Crippen molar-refractivity contribution in [3.63, 3.8) is 0 Å². The molecule has 0 fully saturated rings. The molecule has 21 heavy (non-hydrogen) atoms. The van der Waals surface area contributed by atoms with Gasteiger partial charge in [0, 0.05) is 12.2 Å². The van der Waals surface area contributed by atoms with Gasteiger partial charge >= 0.3 is 0 Å². The van der Waals surface area contributed by atoms with Crippen molar-refractivity contribution in [2.75, 3.05) is 0 Å². The van der Waals surface area contributed by atoms with Crippen LogP contribution in [0.3, 0.4) is 0 Å². The summed E-state index contributed by atoms with van der Waals surface area (Å²) in [5, 5.41) is 3.79. The molecule has 2 heteroatoms. The molecular weight excluding hydrogens is 256 g/mol. The van der Waals surface area contributed by atoms with Gasteiger partial charge in [0.05, 0.1) is 11.7 Å². The van der Waals surface area contributed by atoms with E-state index < -0.39 is 0 Å². The zero-order chi connectivity index (χ0) is 14.8. The lowest BCUT2D eigenvalue weighted by atomic mass is 9.90. The van der Waals surface area contributed by atoms with Gasteiger partial charge in [0.25, 0.3) is 0 Å². The number of hydrogen-bond acceptors (Lipinski definition) is 2. The Hall–Kier alpha value is -1.67. The quantitative estimate of drug-likeness (QED) is 0.900. The Morgan fingerprint density at radius 3 is 2.90 bits per heavy atom. The van der Waals surface area contributed by atoms with Gasteiger partial charge in [-0.05, 0) is 62.8 Å². The van der Waals surface area contributed by atoms with Crippen LogP contribution in [-0.4, -0.2) is 4.98 Å². The lowest BCUT2D eigenvalue weighted by Crippen LogP contribution is -2.29. The standard InChI is InChI=1S/C19H24N2/c1-13-9-10-17(14(2)12-13)15(3)21-18-8-4-6-16-7-5-11-20-19(16)18/h5,7,9-12,15,18,21H,4,6,8H2,1-3H3. The van der Waals surface area contributed by atoms with Gasteiger partial charge in [-0.3, -0.25) is 4.98 Å². The maximum atomic E-state index is 4.62. The molecule has 3 rings (SSSR count). The summed E-state index contributed by atoms with van der Waals surface area (Å²) in [6.45, 7) is 6.61. The van der Waals surface area contributed by atoms with Gasteiger partial charge in [-0.2, -0.15) is 0 Å². The number of hydrogen-bond donors (Lipinski definition) is 1. The average molecular weight is 280 g/mol. The lowest BCUT2D eigenvalue weighted by Gasteiger charge is -2.29. The van der Waals surface area contributed by atoms with Crippen LogP contribution in [0, 0.1) is 13.8 Å². The van der Waals surface area contributed by atoms with E-state index in [9.17, 15) is 0 Å². The van der Waals surface area contributed by atoms with Gasteiger partial charge in [-0.1, -0.05) is 29.8 Å². The Bertz CT molecular complexity index is 633. The lowest BCUT2D eigenvalue weighted by molar-refractivity contribution is 0.406. The molecule has 1 aliphatic rings. The second-order valence-corrected chi connectivity index (χ2v) is 6.24. The number of pyridine rings is 1. The third-order valence-electron chi connectivity index (χ3n) is 4.54. The maximum Gasteiger partial charge on any atom is 0.0605 e. The van der Waals surface area contributed by atoms with Gasteiger partial charge in [-0.15, -0.1) is 0 Å². The summed E-state index contributed by atoms with van der Waals surface area (Å²) in [7, 11) is 0. The molecule has 2 unspecified atom stereocenters. The molecule has 0 aliphatic heterocycles. The highest BCUT2D eigenvalue weighted by molar-refractivity contribution is 5.33. The van der Waals surface area contributed by atoms with Crippen molar-refractivity contribution in [3.05, 3.63) is 64.5 Å². The van der Waals surface area contributed by atoms with Crippen molar-refractivity contribution in [2.45, 2.75) is 52.1 Å². The highest BCUT2D eigenvalue weighted by atomic mass is 15.0. The molecule has 0 amide bonds. The molecule has 1 aromatic carbocycles. The van der Waals surface area contributed by atoms with Crippen LogP contribution < -0.4 is 5.32 Å². The normalized spacial score (nSPS) is 19.1. The van der Waals surface area contributed by atoms with Gasteiger partial charge in [0.1, 0.15) is 0 Å². The molecule has 1 N–H and O–H groups in total. The molecular formula is C19H24N2. The van der Waals surface area contributed by atoms with Crippen LogP contribution >= 0.6 is 0 Å². The van der Waals surface area contributed by atoms with Crippen LogP contribution in [0.25, 0.3) is 0 Å². The highest BCUT2D eigenvalue weighted by Crippen LogP contribution is 2.30. The molecule has 2 nitrogen and oxygen atoms in total. The van der Waals surface area contributed by atoms with E-state index in [4.69, 9.17) is 0 Å². The fourth-order valence-corrected chi connectivity index (χ4v) is 3.47. The highest BCUT2D eigenvalue weighted by Gasteiger charge is 2.23. The van der Waals surface area contributed by atoms with Crippen molar-refractivity contribution in [1.82, 2.24) is 10.3 Å². The molecule has 0 saturated heterocycles. The second-order valence-electron chi connectivity index (χ2n) is 6.24. The summed E-state index contributed by atoms with van der Waals surface area (Å²) in [5.41, 5.74) is 6.75. The summed E-state index contributed by atoms with van der Waals surface area (Å²) < 4.78 is 0. The fraction of sp³-hybridized carbons (Fsp3) is 0.421. The first-order chi connectivity index (χ1) is 10.1. The van der Waals surface area contributed by atoms with Gasteiger partial charge in [-0.25, -0.2) is 0 Å². The van der Waals surface area contributed by atoms with E-state index >= 15 is 0 Å². The number of rotatable bonds is 3. The first-order valence-corrected chi connectivity index (χ1v) is 7.92. The molecule has 1 aliphatic carbocycles. The first-order valence-electron chi connectivity index (χ1n) is 7.92. The molecule has 2 aromatic rings. The Morgan fingerprint density at radius 2 is 2.10 bits per heavy atom. The zero-order valence-electron chi connectivity index (χ0n) is 13.2. The zero-order valence-corrected chi connectivity index (χ0v) is 13.2. The van der Waals surface area contributed by atoms with Crippen LogP contribution in [-0.2, 0) is 6.42 Å². The molecule has 2 atom stereocenters. The predicted molar refractivity (Wildman–Crippen MR) is 87.4 cm³/mol. The van der Waals surface area contributed by atoms with Gasteiger partial charge in [0.15, 0.2) is 0 Å². The fourth-order valence-electron chi connectivity index (χ4n) is 3.47. The summed E-state index contributed by atoms with van der Waals surface area (Å²) in [6.07, 6.45) is 5.51. The number of fused-ring (bicyclic) bond motifs is 1. The van der Waals surface area contributed by atoms with Crippen molar-refractivity contribution >= 4 is 0 Å². The number of nitrogens with zero attached hydrogens (tertiary/aromatic N) is 1. The molecule has 0 saturated carbocycles. The number of nitrogens with one attached hydrogen (secondary N) is 1. The van der Waals surface area contributed by atoms with Crippen LogP contribution in [0.2, 0.25) is 0 Å². The van der Waals surface area contributed by atoms with Crippen LogP contribution in [0.15, 0.2) is 36.5 Å². The minimum atomic E-state index is 0.351. The largest absolute Gasteiger partial charge is 0.302 e. The van der Waals surface area contributed by atoms with E-state index in [2.05, 4.69) is 61.4 Å². The minimum Gasteiger partial charge on any atom is -0.302 e. The van der Waals surface area contributed by atoms with E-state index in [1.165, 1.54) is 47.2 Å². The average Bonchev–Trinajstić information content (AvgIpc) is 2.47. The Labute approximate surface area is 127 Å². The summed E-state index contributed by atoms with van der Waals surface area (Å²) >= 11 is 0. The van der Waals surface area contributed by atoms with Gasteiger partial charge < -0.3 is 5.32 Å². The Morgan fingerprint density at radius 1 is 1.24 bits per heavy atom. The SMILES string of the molecule is Cc1ccc(C(C)NC2CCCc3cccnc32)c(C)c1. The van der Waals surface area contributed by atoms with Crippen LogP contribution in [0.1, 0.15) is 59.8 Å². The molecule has 110 valence electrons. The number of aryl methyl sites for hydroxylation is 3. The van der Waals surface area contributed by atoms with Crippen molar-refractivity contribution in [1.29, 1.82) is 0 Å². The van der Waals surface area contributed by atoms with E-state index in [1.54, 1.807) is 0 Å².